The Morgan fingerprint density at radius 3 is 2.63 bits per heavy atom. The monoisotopic (exact) mass is 394 g/mol. The van der Waals surface area contributed by atoms with Crippen molar-refractivity contribution in [3.8, 4) is 17.2 Å². The number of benzene rings is 2. The zero-order chi connectivity index (χ0) is 20.3. The second-order valence-electron chi connectivity index (χ2n) is 6.75. The molecule has 5 aromatic rings. The van der Waals surface area contributed by atoms with E-state index in [-0.39, 0.29) is 5.91 Å². The molecule has 0 bridgehead atoms. The van der Waals surface area contributed by atoms with Crippen molar-refractivity contribution in [2.75, 3.05) is 0 Å². The lowest BCUT2D eigenvalue weighted by Crippen LogP contribution is -2.23. The lowest BCUT2D eigenvalue weighted by Gasteiger charge is -2.05. The van der Waals surface area contributed by atoms with Gasteiger partial charge in [-0.3, -0.25) is 9.78 Å². The molecular weight excluding hydrogens is 376 g/mol. The van der Waals surface area contributed by atoms with Gasteiger partial charge in [0.1, 0.15) is 11.2 Å². The van der Waals surface area contributed by atoms with E-state index in [1.54, 1.807) is 18.5 Å². The van der Waals surface area contributed by atoms with Crippen LogP contribution < -0.4 is 5.32 Å². The fourth-order valence-electron chi connectivity index (χ4n) is 3.36. The quantitative estimate of drug-likeness (QED) is 0.475. The summed E-state index contributed by atoms with van der Waals surface area (Å²) in [5.41, 5.74) is 4.47. The van der Waals surface area contributed by atoms with Crippen molar-refractivity contribution in [1.82, 2.24) is 30.0 Å². The van der Waals surface area contributed by atoms with E-state index in [0.29, 0.717) is 23.4 Å². The number of imidazole rings is 1. The Labute approximate surface area is 172 Å². The molecule has 0 unspecified atom stereocenters. The lowest BCUT2D eigenvalue weighted by molar-refractivity contribution is 0.0952. The Morgan fingerprint density at radius 2 is 1.80 bits per heavy atom. The number of rotatable bonds is 5. The molecule has 0 fully saturated rings. The number of nitrogens with zero attached hydrogens (tertiary/aromatic N) is 4. The van der Waals surface area contributed by atoms with Crippen LogP contribution in [0.15, 0.2) is 85.2 Å². The van der Waals surface area contributed by atoms with Gasteiger partial charge in [-0.25, -0.2) is 9.67 Å². The first-order valence-electron chi connectivity index (χ1n) is 9.56. The predicted octanol–water partition coefficient (Wildman–Crippen LogP) is 3.74. The van der Waals surface area contributed by atoms with Gasteiger partial charge in [0.25, 0.3) is 5.91 Å². The molecule has 1 amide bonds. The molecule has 2 aromatic carbocycles. The highest BCUT2D eigenvalue weighted by Gasteiger charge is 2.16. The Hall–Kier alpha value is -4.26. The minimum Gasteiger partial charge on any atom is -0.346 e. The molecule has 30 heavy (non-hydrogen) atoms. The Kier molecular flexibility index (Phi) is 4.53. The minimum atomic E-state index is -0.194. The third kappa shape index (κ3) is 3.33. The van der Waals surface area contributed by atoms with E-state index in [0.717, 1.165) is 22.6 Å². The van der Waals surface area contributed by atoms with Crippen LogP contribution in [-0.2, 0) is 6.54 Å². The van der Waals surface area contributed by atoms with E-state index >= 15 is 0 Å². The van der Waals surface area contributed by atoms with Crippen molar-refractivity contribution < 1.29 is 4.79 Å². The highest BCUT2D eigenvalue weighted by molar-refractivity contribution is 6.05. The first kappa shape index (κ1) is 17.8. The Morgan fingerprint density at radius 1 is 0.933 bits per heavy atom. The van der Waals surface area contributed by atoms with E-state index < -0.39 is 0 Å². The van der Waals surface area contributed by atoms with Crippen LogP contribution in [0.1, 0.15) is 16.1 Å². The smallest absolute Gasteiger partial charge is 0.253 e. The molecule has 7 nitrogen and oxygen atoms in total. The summed E-state index contributed by atoms with van der Waals surface area (Å²) in [6, 6.07) is 22.9. The average molecular weight is 394 g/mol. The summed E-state index contributed by atoms with van der Waals surface area (Å²) in [6.07, 6.45) is 3.44. The van der Waals surface area contributed by atoms with Crippen molar-refractivity contribution in [2.24, 2.45) is 0 Å². The van der Waals surface area contributed by atoms with Gasteiger partial charge < -0.3 is 10.3 Å². The molecule has 0 atom stereocenters. The Balaban J connectivity index is 1.48. The van der Waals surface area contributed by atoms with Gasteiger partial charge in [-0.05, 0) is 42.5 Å². The van der Waals surface area contributed by atoms with Crippen molar-refractivity contribution in [3.05, 3.63) is 96.4 Å². The maximum absolute atomic E-state index is 12.8. The SMILES string of the molecule is O=C(NCc1ccccn1)c1cccc2[nH]c(-c3ccnn3-c3ccccc3)nc12. The summed E-state index contributed by atoms with van der Waals surface area (Å²) in [7, 11) is 0. The molecular formula is C23H18N6O. The summed E-state index contributed by atoms with van der Waals surface area (Å²) in [5.74, 6) is 0.456. The highest BCUT2D eigenvalue weighted by Crippen LogP contribution is 2.24. The number of hydrogen-bond acceptors (Lipinski definition) is 4. The molecule has 146 valence electrons. The molecule has 3 heterocycles. The molecule has 5 rings (SSSR count). The molecule has 0 saturated heterocycles. The fraction of sp³-hybridized carbons (Fsp3) is 0.0435. The van der Waals surface area contributed by atoms with E-state index in [1.807, 2.05) is 71.4 Å². The van der Waals surface area contributed by atoms with Crippen LogP contribution in [0.4, 0.5) is 0 Å². The van der Waals surface area contributed by atoms with Gasteiger partial charge in [0, 0.05) is 6.20 Å². The number of aromatic amines is 1. The molecule has 3 aromatic heterocycles. The lowest BCUT2D eigenvalue weighted by atomic mass is 10.1. The first-order valence-corrected chi connectivity index (χ1v) is 9.56. The van der Waals surface area contributed by atoms with Crippen LogP contribution in [0.5, 0.6) is 0 Å². The van der Waals surface area contributed by atoms with Crippen LogP contribution >= 0.6 is 0 Å². The second kappa shape index (κ2) is 7.63. The number of H-pyrrole nitrogens is 1. The molecule has 0 aliphatic carbocycles. The van der Waals surface area contributed by atoms with E-state index in [4.69, 9.17) is 4.98 Å². The summed E-state index contributed by atoms with van der Waals surface area (Å²) in [4.78, 5) is 25.1. The number of fused-ring (bicyclic) bond motifs is 1. The van der Waals surface area contributed by atoms with Gasteiger partial charge in [0.05, 0.1) is 35.2 Å². The molecule has 2 N–H and O–H groups in total. The normalized spacial score (nSPS) is 10.9. The minimum absolute atomic E-state index is 0.194. The van der Waals surface area contributed by atoms with Crippen LogP contribution in [-0.4, -0.2) is 30.6 Å². The maximum atomic E-state index is 12.8. The second-order valence-corrected chi connectivity index (χ2v) is 6.75. The molecule has 0 radical (unpaired) electrons. The van der Waals surface area contributed by atoms with Gasteiger partial charge >= 0.3 is 0 Å². The zero-order valence-corrected chi connectivity index (χ0v) is 16.0. The van der Waals surface area contributed by atoms with E-state index in [2.05, 4.69) is 20.4 Å². The number of para-hydroxylation sites is 2. The summed E-state index contributed by atoms with van der Waals surface area (Å²) in [5, 5.41) is 7.34. The van der Waals surface area contributed by atoms with E-state index in [9.17, 15) is 4.79 Å². The third-order valence-corrected chi connectivity index (χ3v) is 4.80. The largest absolute Gasteiger partial charge is 0.346 e. The molecule has 0 saturated carbocycles. The number of aromatic nitrogens is 5. The fourth-order valence-corrected chi connectivity index (χ4v) is 3.36. The van der Waals surface area contributed by atoms with Crippen LogP contribution in [0.3, 0.4) is 0 Å². The van der Waals surface area contributed by atoms with Gasteiger partial charge in [-0.2, -0.15) is 5.10 Å². The number of carbonyl (C=O) groups excluding carboxylic acids is 1. The number of hydrogen-bond donors (Lipinski definition) is 2. The number of amides is 1. The summed E-state index contributed by atoms with van der Waals surface area (Å²) in [6.45, 7) is 0.355. The van der Waals surface area contributed by atoms with Crippen molar-refractivity contribution in [1.29, 1.82) is 0 Å². The van der Waals surface area contributed by atoms with Gasteiger partial charge in [0.15, 0.2) is 5.82 Å². The van der Waals surface area contributed by atoms with Crippen LogP contribution in [0, 0.1) is 0 Å². The van der Waals surface area contributed by atoms with Crippen molar-refractivity contribution in [2.45, 2.75) is 6.54 Å². The molecule has 0 aliphatic rings. The highest BCUT2D eigenvalue weighted by atomic mass is 16.1. The maximum Gasteiger partial charge on any atom is 0.253 e. The Bertz CT molecular complexity index is 1310. The first-order chi connectivity index (χ1) is 14.8. The van der Waals surface area contributed by atoms with Gasteiger partial charge in [-0.15, -0.1) is 0 Å². The number of nitrogens with one attached hydrogen (secondary N) is 2. The van der Waals surface area contributed by atoms with E-state index in [1.165, 1.54) is 0 Å². The van der Waals surface area contributed by atoms with Gasteiger partial charge in [0.2, 0.25) is 0 Å². The molecule has 7 heteroatoms. The standard InChI is InChI=1S/C23H18N6O/c30-23(25-15-16-7-4-5-13-24-16)18-10-6-11-19-21(18)28-22(27-19)20-12-14-26-29(20)17-8-2-1-3-9-17/h1-14H,15H2,(H,25,30)(H,27,28). The predicted molar refractivity (Wildman–Crippen MR) is 114 cm³/mol. The molecule has 0 aliphatic heterocycles. The van der Waals surface area contributed by atoms with Crippen LogP contribution in [0.25, 0.3) is 28.2 Å². The topological polar surface area (TPSA) is 88.5 Å². The van der Waals surface area contributed by atoms with Crippen LogP contribution in [0.2, 0.25) is 0 Å². The number of pyridine rings is 1. The molecule has 0 spiro atoms. The number of carbonyl (C=O) groups is 1. The third-order valence-electron chi connectivity index (χ3n) is 4.80. The van der Waals surface area contributed by atoms with Crippen molar-refractivity contribution in [3.63, 3.8) is 0 Å². The summed E-state index contributed by atoms with van der Waals surface area (Å²) < 4.78 is 1.82. The van der Waals surface area contributed by atoms with Gasteiger partial charge in [-0.1, -0.05) is 30.3 Å². The van der Waals surface area contributed by atoms with Crippen molar-refractivity contribution >= 4 is 16.9 Å². The average Bonchev–Trinajstić information content (AvgIpc) is 3.45. The summed E-state index contributed by atoms with van der Waals surface area (Å²) >= 11 is 0. The zero-order valence-electron chi connectivity index (χ0n) is 16.0.